The lowest BCUT2D eigenvalue weighted by Crippen LogP contribution is -2.37. The van der Waals surface area contributed by atoms with Crippen LogP contribution in [0.2, 0.25) is 0 Å². The Labute approximate surface area is 133 Å². The molecular weight excluding hydrogens is 292 g/mol. The molecule has 118 valence electrons. The third-order valence-corrected chi connectivity index (χ3v) is 4.24. The molecule has 23 heavy (non-hydrogen) atoms. The van der Waals surface area contributed by atoms with E-state index in [0.717, 1.165) is 36.5 Å². The molecule has 0 aliphatic carbocycles. The van der Waals surface area contributed by atoms with Gasteiger partial charge in [0.2, 0.25) is 0 Å². The zero-order chi connectivity index (χ0) is 15.8. The minimum atomic E-state index is -0.0438. The summed E-state index contributed by atoms with van der Waals surface area (Å²) in [4.78, 5) is 21.0. The van der Waals surface area contributed by atoms with Gasteiger partial charge >= 0.3 is 0 Å². The Morgan fingerprint density at radius 2 is 2.30 bits per heavy atom. The highest BCUT2D eigenvalue weighted by Crippen LogP contribution is 2.12. The van der Waals surface area contributed by atoms with Crippen LogP contribution in [0, 0.1) is 6.92 Å². The van der Waals surface area contributed by atoms with Crippen LogP contribution in [0.25, 0.3) is 5.65 Å². The van der Waals surface area contributed by atoms with Gasteiger partial charge in [-0.2, -0.15) is 5.10 Å². The molecule has 0 saturated carbocycles. The Hall–Kier alpha value is -2.54. The Kier molecular flexibility index (Phi) is 3.42. The Balaban J connectivity index is 1.50. The van der Waals surface area contributed by atoms with Gasteiger partial charge in [-0.3, -0.25) is 9.20 Å². The van der Waals surface area contributed by atoms with E-state index in [9.17, 15) is 4.79 Å². The van der Waals surface area contributed by atoms with Gasteiger partial charge in [0.25, 0.3) is 5.56 Å². The fourth-order valence-corrected chi connectivity index (χ4v) is 3.00. The molecule has 1 N–H and O–H groups in total. The molecule has 1 aliphatic heterocycles. The highest BCUT2D eigenvalue weighted by Gasteiger charge is 2.19. The summed E-state index contributed by atoms with van der Waals surface area (Å²) in [6, 6.07) is 5.76. The van der Waals surface area contributed by atoms with Gasteiger partial charge in [0.1, 0.15) is 17.8 Å². The van der Waals surface area contributed by atoms with Crippen molar-refractivity contribution in [3.8, 4) is 0 Å². The number of pyridine rings is 1. The third kappa shape index (κ3) is 2.75. The summed E-state index contributed by atoms with van der Waals surface area (Å²) in [5.41, 5.74) is 2.45. The average molecular weight is 310 g/mol. The lowest BCUT2D eigenvalue weighted by molar-refractivity contribution is 0.356. The van der Waals surface area contributed by atoms with Gasteiger partial charge < -0.3 is 5.32 Å². The maximum atomic E-state index is 12.2. The minimum absolute atomic E-state index is 0.0438. The van der Waals surface area contributed by atoms with Crippen molar-refractivity contribution in [1.82, 2.24) is 29.5 Å². The first-order valence-corrected chi connectivity index (χ1v) is 7.78. The van der Waals surface area contributed by atoms with Gasteiger partial charge in [-0.1, -0.05) is 6.07 Å². The normalized spacial score (nSPS) is 17.3. The number of aromatic nitrogens is 5. The van der Waals surface area contributed by atoms with E-state index in [1.165, 1.54) is 0 Å². The highest BCUT2D eigenvalue weighted by atomic mass is 16.1. The molecule has 1 unspecified atom stereocenters. The first-order chi connectivity index (χ1) is 11.2. The summed E-state index contributed by atoms with van der Waals surface area (Å²) in [7, 11) is 0. The SMILES string of the molecule is Cc1ccc2nc(CNC3CCc4ncnn4C3)cc(=O)n2c1. The van der Waals surface area contributed by atoms with Crippen LogP contribution in [0.5, 0.6) is 0 Å². The van der Waals surface area contributed by atoms with Crippen LogP contribution in [0.4, 0.5) is 0 Å². The van der Waals surface area contributed by atoms with Crippen LogP contribution in [0.15, 0.2) is 35.5 Å². The van der Waals surface area contributed by atoms with E-state index in [-0.39, 0.29) is 5.56 Å². The molecule has 0 fully saturated rings. The summed E-state index contributed by atoms with van der Waals surface area (Å²) in [6.45, 7) is 3.35. The predicted molar refractivity (Wildman–Crippen MR) is 85.2 cm³/mol. The molecule has 4 rings (SSSR count). The van der Waals surface area contributed by atoms with Crippen molar-refractivity contribution in [3.05, 3.63) is 58.2 Å². The van der Waals surface area contributed by atoms with Crippen molar-refractivity contribution in [2.24, 2.45) is 0 Å². The summed E-state index contributed by atoms with van der Waals surface area (Å²) in [5.74, 6) is 1.04. The van der Waals surface area contributed by atoms with Crippen molar-refractivity contribution in [2.75, 3.05) is 0 Å². The van der Waals surface area contributed by atoms with Crippen molar-refractivity contribution in [3.63, 3.8) is 0 Å². The maximum absolute atomic E-state index is 12.2. The molecule has 7 heteroatoms. The topological polar surface area (TPSA) is 77.1 Å². The number of nitrogens with zero attached hydrogens (tertiary/aromatic N) is 5. The van der Waals surface area contributed by atoms with E-state index < -0.39 is 0 Å². The standard InChI is InChI=1S/C16H18N6O/c1-11-2-4-15-20-13(6-16(23)21(15)8-11)7-17-12-3-5-14-18-10-19-22(14)9-12/h2,4,6,8,10,12,17H,3,5,7,9H2,1H3. The lowest BCUT2D eigenvalue weighted by atomic mass is 10.1. The third-order valence-electron chi connectivity index (χ3n) is 4.24. The van der Waals surface area contributed by atoms with Crippen LogP contribution in [-0.4, -0.2) is 30.2 Å². The molecule has 3 aromatic rings. The predicted octanol–water partition coefficient (Wildman–Crippen LogP) is 0.699. The van der Waals surface area contributed by atoms with Crippen LogP contribution in [-0.2, 0) is 19.5 Å². The second-order valence-corrected chi connectivity index (χ2v) is 6.00. The van der Waals surface area contributed by atoms with Gasteiger partial charge in [-0.15, -0.1) is 0 Å². The molecule has 0 aromatic carbocycles. The summed E-state index contributed by atoms with van der Waals surface area (Å²) < 4.78 is 3.52. The van der Waals surface area contributed by atoms with Gasteiger partial charge in [0.05, 0.1) is 12.2 Å². The van der Waals surface area contributed by atoms with E-state index in [1.807, 2.05) is 29.9 Å². The molecule has 0 radical (unpaired) electrons. The molecule has 7 nitrogen and oxygen atoms in total. The first kappa shape index (κ1) is 14.1. The number of aryl methyl sites for hydroxylation is 2. The number of fused-ring (bicyclic) bond motifs is 2. The fourth-order valence-electron chi connectivity index (χ4n) is 3.00. The number of hydrogen-bond donors (Lipinski definition) is 1. The summed E-state index contributed by atoms with van der Waals surface area (Å²) >= 11 is 0. The Morgan fingerprint density at radius 1 is 1.39 bits per heavy atom. The van der Waals surface area contributed by atoms with Crippen molar-refractivity contribution in [1.29, 1.82) is 0 Å². The molecule has 3 aromatic heterocycles. The van der Waals surface area contributed by atoms with Crippen molar-refractivity contribution < 1.29 is 0 Å². The highest BCUT2D eigenvalue weighted by molar-refractivity contribution is 5.39. The summed E-state index contributed by atoms with van der Waals surface area (Å²) in [5, 5.41) is 7.69. The van der Waals surface area contributed by atoms with E-state index in [2.05, 4.69) is 20.4 Å². The second kappa shape index (κ2) is 5.58. The zero-order valence-corrected chi connectivity index (χ0v) is 12.9. The number of hydrogen-bond acceptors (Lipinski definition) is 5. The largest absolute Gasteiger partial charge is 0.307 e. The smallest absolute Gasteiger partial charge is 0.258 e. The monoisotopic (exact) mass is 310 g/mol. The molecule has 1 aliphatic rings. The molecule has 0 bridgehead atoms. The van der Waals surface area contributed by atoms with Gasteiger partial charge in [-0.25, -0.2) is 14.6 Å². The molecule has 0 amide bonds. The van der Waals surface area contributed by atoms with Crippen LogP contribution < -0.4 is 10.9 Å². The minimum Gasteiger partial charge on any atom is -0.307 e. The Morgan fingerprint density at radius 3 is 3.22 bits per heavy atom. The lowest BCUT2D eigenvalue weighted by Gasteiger charge is -2.23. The maximum Gasteiger partial charge on any atom is 0.258 e. The van der Waals surface area contributed by atoms with Crippen LogP contribution >= 0.6 is 0 Å². The van der Waals surface area contributed by atoms with E-state index >= 15 is 0 Å². The molecule has 0 saturated heterocycles. The molecular formula is C16H18N6O. The number of nitrogens with one attached hydrogen (secondary N) is 1. The number of rotatable bonds is 3. The fraction of sp³-hybridized carbons (Fsp3) is 0.375. The average Bonchev–Trinajstić information content (AvgIpc) is 3.01. The summed E-state index contributed by atoms with van der Waals surface area (Å²) in [6.07, 6.45) is 5.36. The van der Waals surface area contributed by atoms with Crippen molar-refractivity contribution in [2.45, 2.75) is 38.9 Å². The van der Waals surface area contributed by atoms with Crippen LogP contribution in [0.1, 0.15) is 23.5 Å². The molecule has 0 spiro atoms. The Bertz CT molecular complexity index is 912. The van der Waals surface area contributed by atoms with E-state index in [0.29, 0.717) is 18.2 Å². The van der Waals surface area contributed by atoms with Crippen molar-refractivity contribution >= 4 is 5.65 Å². The van der Waals surface area contributed by atoms with Gasteiger partial charge in [0, 0.05) is 31.3 Å². The zero-order valence-electron chi connectivity index (χ0n) is 12.9. The quantitative estimate of drug-likeness (QED) is 0.770. The van der Waals surface area contributed by atoms with E-state index in [4.69, 9.17) is 0 Å². The first-order valence-electron chi connectivity index (χ1n) is 7.78. The van der Waals surface area contributed by atoms with Gasteiger partial charge in [0.15, 0.2) is 0 Å². The van der Waals surface area contributed by atoms with Gasteiger partial charge in [-0.05, 0) is 25.0 Å². The van der Waals surface area contributed by atoms with E-state index in [1.54, 1.807) is 16.8 Å². The second-order valence-electron chi connectivity index (χ2n) is 6.00. The molecule has 4 heterocycles. The molecule has 1 atom stereocenters. The van der Waals surface area contributed by atoms with Crippen LogP contribution in [0.3, 0.4) is 0 Å².